The number of nitrogens with zero attached hydrogens (tertiary/aromatic N) is 1. The summed E-state index contributed by atoms with van der Waals surface area (Å²) in [6, 6.07) is 0. The van der Waals surface area contributed by atoms with Crippen LogP contribution in [0.3, 0.4) is 0 Å². The molecule has 0 aliphatic rings. The first-order valence-corrected chi connectivity index (χ1v) is 4.17. The molecule has 0 spiro atoms. The summed E-state index contributed by atoms with van der Waals surface area (Å²) < 4.78 is 0. The van der Waals surface area contributed by atoms with Gasteiger partial charge >= 0.3 is 0 Å². The van der Waals surface area contributed by atoms with Crippen molar-refractivity contribution < 1.29 is 0 Å². The molecule has 1 heterocycles. The number of nitrogens with one attached hydrogen (secondary N) is 1. The van der Waals surface area contributed by atoms with Gasteiger partial charge in [0.1, 0.15) is 5.01 Å². The van der Waals surface area contributed by atoms with Crippen LogP contribution >= 0.6 is 11.3 Å². The Bertz CT molecular complexity index is 258. The van der Waals surface area contributed by atoms with E-state index in [-0.39, 0.29) is 5.84 Å². The van der Waals surface area contributed by atoms with E-state index >= 15 is 0 Å². The van der Waals surface area contributed by atoms with Gasteiger partial charge < -0.3 is 5.73 Å². The molecular formula is C7H11N3S. The molecule has 3 nitrogen and oxygen atoms in total. The third-order valence-electron chi connectivity index (χ3n) is 1.41. The second-order valence-electron chi connectivity index (χ2n) is 2.45. The Morgan fingerprint density at radius 1 is 1.64 bits per heavy atom. The van der Waals surface area contributed by atoms with E-state index in [2.05, 4.69) is 4.98 Å². The molecule has 60 valence electrons. The lowest BCUT2D eigenvalue weighted by atomic mass is 10.4. The molecule has 0 bridgehead atoms. The third-order valence-corrected chi connectivity index (χ3v) is 2.49. The minimum absolute atomic E-state index is 0.179. The van der Waals surface area contributed by atoms with E-state index in [4.69, 9.17) is 11.1 Å². The molecule has 1 rings (SSSR count). The van der Waals surface area contributed by atoms with Crippen molar-refractivity contribution in [2.45, 2.75) is 20.3 Å². The fourth-order valence-electron chi connectivity index (χ4n) is 0.778. The molecule has 1 aromatic rings. The summed E-state index contributed by atoms with van der Waals surface area (Å²) in [5.74, 6) is 0.179. The van der Waals surface area contributed by atoms with Gasteiger partial charge in [-0.1, -0.05) is 0 Å². The van der Waals surface area contributed by atoms with Gasteiger partial charge in [0.05, 0.1) is 18.0 Å². The minimum atomic E-state index is 0.179. The van der Waals surface area contributed by atoms with Crippen molar-refractivity contribution in [3.63, 3.8) is 0 Å². The first kappa shape index (κ1) is 8.20. The van der Waals surface area contributed by atoms with Crippen molar-refractivity contribution >= 4 is 17.2 Å². The molecule has 0 aliphatic heterocycles. The van der Waals surface area contributed by atoms with Crippen LogP contribution in [0.4, 0.5) is 0 Å². The highest BCUT2D eigenvalue weighted by molar-refractivity contribution is 7.11. The largest absolute Gasteiger partial charge is 0.387 e. The van der Waals surface area contributed by atoms with Crippen molar-refractivity contribution in [1.29, 1.82) is 5.41 Å². The Kier molecular flexibility index (Phi) is 2.24. The number of aromatic nitrogens is 1. The molecule has 4 heteroatoms. The number of hydrogen-bond donors (Lipinski definition) is 2. The summed E-state index contributed by atoms with van der Waals surface area (Å²) in [6.45, 7) is 3.99. The van der Waals surface area contributed by atoms with Gasteiger partial charge in [-0.15, -0.1) is 11.3 Å². The van der Waals surface area contributed by atoms with Crippen molar-refractivity contribution in [3.8, 4) is 0 Å². The summed E-state index contributed by atoms with van der Waals surface area (Å²) in [4.78, 5) is 5.46. The number of aryl methyl sites for hydroxylation is 2. The lowest BCUT2D eigenvalue weighted by molar-refractivity contribution is 1.13. The van der Waals surface area contributed by atoms with Gasteiger partial charge in [-0.3, -0.25) is 5.41 Å². The summed E-state index contributed by atoms with van der Waals surface area (Å²) in [7, 11) is 0. The lowest BCUT2D eigenvalue weighted by Crippen LogP contribution is -2.12. The molecule has 0 amide bonds. The van der Waals surface area contributed by atoms with Gasteiger partial charge in [0.15, 0.2) is 0 Å². The first-order valence-electron chi connectivity index (χ1n) is 3.35. The number of hydrogen-bond acceptors (Lipinski definition) is 3. The van der Waals surface area contributed by atoms with Crippen molar-refractivity contribution in [2.75, 3.05) is 0 Å². The standard InChI is InChI=1S/C7H11N3S/c1-4-5(2)11-7(10-4)3-6(8)9/h3H2,1-2H3,(H3,8,9). The maximum absolute atomic E-state index is 7.06. The van der Waals surface area contributed by atoms with Crippen LogP contribution in [0.5, 0.6) is 0 Å². The Hall–Kier alpha value is -0.900. The maximum Gasteiger partial charge on any atom is 0.101 e. The van der Waals surface area contributed by atoms with E-state index in [1.807, 2.05) is 13.8 Å². The van der Waals surface area contributed by atoms with E-state index in [0.717, 1.165) is 10.7 Å². The fourth-order valence-corrected chi connectivity index (χ4v) is 1.73. The van der Waals surface area contributed by atoms with Gasteiger partial charge in [-0.25, -0.2) is 4.98 Å². The summed E-state index contributed by atoms with van der Waals surface area (Å²) in [6.07, 6.45) is 0.485. The van der Waals surface area contributed by atoms with E-state index in [0.29, 0.717) is 6.42 Å². The highest BCUT2D eigenvalue weighted by Gasteiger charge is 2.03. The van der Waals surface area contributed by atoms with Crippen LogP contribution in [0.1, 0.15) is 15.6 Å². The zero-order valence-corrected chi connectivity index (χ0v) is 7.46. The molecular weight excluding hydrogens is 158 g/mol. The van der Waals surface area contributed by atoms with Crippen LogP contribution in [-0.4, -0.2) is 10.8 Å². The molecule has 3 N–H and O–H groups in total. The fraction of sp³-hybridized carbons (Fsp3) is 0.429. The third kappa shape index (κ3) is 2.01. The van der Waals surface area contributed by atoms with E-state index in [1.165, 1.54) is 4.88 Å². The Morgan fingerprint density at radius 2 is 2.27 bits per heavy atom. The number of rotatable bonds is 2. The first-order chi connectivity index (χ1) is 5.09. The summed E-state index contributed by atoms with van der Waals surface area (Å²) >= 11 is 1.61. The highest BCUT2D eigenvalue weighted by atomic mass is 32.1. The van der Waals surface area contributed by atoms with Crippen LogP contribution in [0.2, 0.25) is 0 Å². The Labute approximate surface area is 69.8 Å². The van der Waals surface area contributed by atoms with Gasteiger partial charge in [0.2, 0.25) is 0 Å². The number of nitrogens with two attached hydrogens (primary N) is 1. The molecule has 0 radical (unpaired) electrons. The zero-order valence-electron chi connectivity index (χ0n) is 6.64. The zero-order chi connectivity index (χ0) is 8.43. The van der Waals surface area contributed by atoms with Crippen molar-refractivity contribution in [1.82, 2.24) is 4.98 Å². The molecule has 1 aromatic heterocycles. The monoisotopic (exact) mass is 169 g/mol. The summed E-state index contributed by atoms with van der Waals surface area (Å²) in [5.41, 5.74) is 6.28. The van der Waals surface area contributed by atoms with Crippen LogP contribution < -0.4 is 5.73 Å². The Balaban J connectivity index is 2.81. The quantitative estimate of drug-likeness (QED) is 0.517. The molecule has 0 saturated heterocycles. The van der Waals surface area contributed by atoms with Gasteiger partial charge in [0.25, 0.3) is 0 Å². The van der Waals surface area contributed by atoms with Crippen LogP contribution in [-0.2, 0) is 6.42 Å². The van der Waals surface area contributed by atoms with Gasteiger partial charge in [-0.05, 0) is 13.8 Å². The molecule has 0 aliphatic carbocycles. The van der Waals surface area contributed by atoms with E-state index in [1.54, 1.807) is 11.3 Å². The molecule has 0 saturated carbocycles. The van der Waals surface area contributed by atoms with Gasteiger partial charge in [0, 0.05) is 4.88 Å². The van der Waals surface area contributed by atoms with Crippen molar-refractivity contribution in [3.05, 3.63) is 15.6 Å². The highest BCUT2D eigenvalue weighted by Crippen LogP contribution is 2.16. The smallest absolute Gasteiger partial charge is 0.101 e. The predicted octanol–water partition coefficient (Wildman–Crippen LogP) is 1.24. The van der Waals surface area contributed by atoms with Crippen molar-refractivity contribution in [2.24, 2.45) is 5.73 Å². The van der Waals surface area contributed by atoms with E-state index in [9.17, 15) is 0 Å². The normalized spacial score (nSPS) is 10.0. The second kappa shape index (κ2) is 3.00. The lowest BCUT2D eigenvalue weighted by Gasteiger charge is -1.89. The number of thiazole rings is 1. The molecule has 0 aromatic carbocycles. The van der Waals surface area contributed by atoms with Crippen LogP contribution in [0, 0.1) is 19.3 Å². The predicted molar refractivity (Wildman–Crippen MR) is 47.2 cm³/mol. The average Bonchev–Trinajstić information content (AvgIpc) is 2.10. The molecule has 0 fully saturated rings. The topological polar surface area (TPSA) is 62.8 Å². The average molecular weight is 169 g/mol. The van der Waals surface area contributed by atoms with E-state index < -0.39 is 0 Å². The maximum atomic E-state index is 7.06. The summed E-state index contributed by atoms with van der Waals surface area (Å²) in [5, 5.41) is 7.99. The molecule has 0 unspecified atom stereocenters. The molecule has 0 atom stereocenters. The van der Waals surface area contributed by atoms with Crippen LogP contribution in [0.15, 0.2) is 0 Å². The SMILES string of the molecule is Cc1nc(CC(=N)N)sc1C. The second-order valence-corrected chi connectivity index (χ2v) is 3.74. The molecule has 11 heavy (non-hydrogen) atoms. The van der Waals surface area contributed by atoms with Crippen LogP contribution in [0.25, 0.3) is 0 Å². The Morgan fingerprint density at radius 3 is 2.64 bits per heavy atom. The number of amidine groups is 1. The van der Waals surface area contributed by atoms with Gasteiger partial charge in [-0.2, -0.15) is 0 Å². The minimum Gasteiger partial charge on any atom is -0.387 e.